The molecule has 1 aromatic heterocycles. The summed E-state index contributed by atoms with van der Waals surface area (Å²) < 4.78 is 11.3. The van der Waals surface area contributed by atoms with Crippen molar-refractivity contribution in [1.82, 2.24) is 24.7 Å². The molecule has 8 heteroatoms. The van der Waals surface area contributed by atoms with Gasteiger partial charge in [0.25, 0.3) is 0 Å². The van der Waals surface area contributed by atoms with Crippen LogP contribution in [-0.4, -0.2) is 70.1 Å². The van der Waals surface area contributed by atoms with Crippen LogP contribution in [0.2, 0.25) is 0 Å². The molecule has 3 aliphatic rings. The number of piperidine rings is 1. The van der Waals surface area contributed by atoms with Crippen molar-refractivity contribution in [2.45, 2.75) is 51.2 Å². The van der Waals surface area contributed by atoms with E-state index in [0.29, 0.717) is 13.1 Å². The lowest BCUT2D eigenvalue weighted by Gasteiger charge is -2.44. The molecule has 2 amide bonds. The molecule has 198 valence electrons. The number of para-hydroxylation sites is 1. The third-order valence-corrected chi connectivity index (χ3v) is 8.57. The molecule has 6 rings (SSSR count). The number of fused-ring (bicyclic) bond motifs is 4. The fraction of sp³-hybridized carbons (Fsp3) is 0.433. The van der Waals surface area contributed by atoms with Gasteiger partial charge in [-0.1, -0.05) is 25.1 Å². The van der Waals surface area contributed by atoms with Gasteiger partial charge in [0.1, 0.15) is 11.5 Å². The second kappa shape index (κ2) is 9.58. The van der Waals surface area contributed by atoms with E-state index in [-0.39, 0.29) is 17.5 Å². The third-order valence-electron chi connectivity index (χ3n) is 8.57. The molecule has 38 heavy (non-hydrogen) atoms. The Kier molecular flexibility index (Phi) is 6.22. The molecular formula is C30H35N5O3. The predicted molar refractivity (Wildman–Crippen MR) is 146 cm³/mol. The van der Waals surface area contributed by atoms with E-state index in [0.717, 1.165) is 71.8 Å². The van der Waals surface area contributed by atoms with E-state index in [4.69, 9.17) is 9.47 Å². The molecule has 3 aromatic rings. The van der Waals surface area contributed by atoms with Gasteiger partial charge in [-0.05, 0) is 43.0 Å². The Bertz CT molecular complexity index is 1410. The van der Waals surface area contributed by atoms with Crippen molar-refractivity contribution in [1.29, 1.82) is 0 Å². The number of rotatable bonds is 5. The van der Waals surface area contributed by atoms with Crippen molar-refractivity contribution < 1.29 is 14.3 Å². The number of likely N-dealkylation sites (tertiary alicyclic amines) is 1. The number of hydrogen-bond acceptors (Lipinski definition) is 6. The van der Waals surface area contributed by atoms with Gasteiger partial charge in [-0.15, -0.1) is 0 Å². The molecule has 4 heterocycles. The molecule has 3 aliphatic heterocycles. The molecule has 0 aliphatic carbocycles. The van der Waals surface area contributed by atoms with Crippen molar-refractivity contribution >= 4 is 17.1 Å². The zero-order chi connectivity index (χ0) is 26.4. The fourth-order valence-corrected chi connectivity index (χ4v) is 6.77. The van der Waals surface area contributed by atoms with Crippen LogP contribution in [0.1, 0.15) is 49.3 Å². The lowest BCUT2D eigenvalue weighted by atomic mass is 9.82. The summed E-state index contributed by atoms with van der Waals surface area (Å²) in [5, 5.41) is 0. The second-order valence-corrected chi connectivity index (χ2v) is 10.5. The average molecular weight is 514 g/mol. The maximum Gasteiger partial charge on any atom is 0.325 e. The highest BCUT2D eigenvalue weighted by molar-refractivity contribution is 5.83. The number of amides is 2. The number of urea groups is 1. The first-order chi connectivity index (χ1) is 18.5. The number of ether oxygens (including phenoxy) is 2. The standard InChI is InChI=1S/C30H35N5O3/c1-5-35-29(36)34-19-22-16-23(37-3)17-25(38-4)27(22)20(2)15-26(34)30(35)9-13-33(14-10-30)18-21-7-6-8-24-28(21)32-12-11-31-24/h6-8,11-12,15-17,20H,5,9-10,13-14,18-19H2,1-4H3. The Morgan fingerprint density at radius 2 is 1.87 bits per heavy atom. The second-order valence-electron chi connectivity index (χ2n) is 10.5. The van der Waals surface area contributed by atoms with Gasteiger partial charge in [0.15, 0.2) is 0 Å². The highest BCUT2D eigenvalue weighted by atomic mass is 16.5. The number of methoxy groups -OCH3 is 2. The van der Waals surface area contributed by atoms with E-state index in [1.807, 2.05) is 17.0 Å². The van der Waals surface area contributed by atoms with Crippen LogP contribution in [0.4, 0.5) is 4.79 Å². The van der Waals surface area contributed by atoms with E-state index in [1.165, 1.54) is 5.56 Å². The van der Waals surface area contributed by atoms with Crippen LogP contribution in [0.5, 0.6) is 11.5 Å². The molecule has 0 bridgehead atoms. The zero-order valence-corrected chi connectivity index (χ0v) is 22.6. The van der Waals surface area contributed by atoms with Crippen LogP contribution in [0.15, 0.2) is 54.5 Å². The van der Waals surface area contributed by atoms with Crippen molar-refractivity contribution in [3.63, 3.8) is 0 Å². The van der Waals surface area contributed by atoms with E-state index in [1.54, 1.807) is 26.6 Å². The van der Waals surface area contributed by atoms with E-state index in [2.05, 4.69) is 57.9 Å². The van der Waals surface area contributed by atoms with E-state index < -0.39 is 0 Å². The minimum absolute atomic E-state index is 0.0957. The molecule has 0 radical (unpaired) electrons. The zero-order valence-electron chi connectivity index (χ0n) is 22.6. The summed E-state index contributed by atoms with van der Waals surface area (Å²) in [6.45, 7) is 8.15. The summed E-state index contributed by atoms with van der Waals surface area (Å²) in [7, 11) is 3.36. The topological polar surface area (TPSA) is 71.0 Å². The Balaban J connectivity index is 1.31. The molecule has 0 saturated carbocycles. The van der Waals surface area contributed by atoms with Gasteiger partial charge >= 0.3 is 6.03 Å². The van der Waals surface area contributed by atoms with Crippen molar-refractivity contribution in [2.75, 3.05) is 33.9 Å². The van der Waals surface area contributed by atoms with Gasteiger partial charge in [0.05, 0.1) is 37.3 Å². The smallest absolute Gasteiger partial charge is 0.325 e. The van der Waals surface area contributed by atoms with E-state index >= 15 is 0 Å². The average Bonchev–Trinajstić information content (AvgIpc) is 3.04. The van der Waals surface area contributed by atoms with Crippen LogP contribution in [0.25, 0.3) is 11.0 Å². The molecule has 0 N–H and O–H groups in total. The Hall–Kier alpha value is -3.65. The summed E-state index contributed by atoms with van der Waals surface area (Å²) in [5.74, 6) is 1.67. The summed E-state index contributed by atoms with van der Waals surface area (Å²) in [4.78, 5) is 29.5. The first kappa shape index (κ1) is 24.7. The van der Waals surface area contributed by atoms with Gasteiger partial charge in [-0.2, -0.15) is 0 Å². The molecule has 2 fully saturated rings. The number of nitrogens with zero attached hydrogens (tertiary/aromatic N) is 5. The van der Waals surface area contributed by atoms with Crippen molar-refractivity contribution in [3.8, 4) is 11.5 Å². The lowest BCUT2D eigenvalue weighted by Crippen LogP contribution is -2.53. The predicted octanol–water partition coefficient (Wildman–Crippen LogP) is 4.94. The largest absolute Gasteiger partial charge is 0.497 e. The van der Waals surface area contributed by atoms with Crippen LogP contribution in [0, 0.1) is 0 Å². The van der Waals surface area contributed by atoms with Crippen LogP contribution >= 0.6 is 0 Å². The van der Waals surface area contributed by atoms with Gasteiger partial charge in [0, 0.05) is 61.8 Å². The first-order valence-corrected chi connectivity index (χ1v) is 13.5. The molecule has 1 unspecified atom stereocenters. The monoisotopic (exact) mass is 513 g/mol. The summed E-state index contributed by atoms with van der Waals surface area (Å²) >= 11 is 0. The highest BCUT2D eigenvalue weighted by Gasteiger charge is 2.54. The normalized spacial score (nSPS) is 20.8. The molecule has 1 spiro atoms. The van der Waals surface area contributed by atoms with Gasteiger partial charge < -0.3 is 14.4 Å². The maximum absolute atomic E-state index is 13.9. The maximum atomic E-state index is 13.9. The molecule has 2 aromatic carbocycles. The molecule has 2 saturated heterocycles. The lowest BCUT2D eigenvalue weighted by molar-refractivity contribution is 0.0890. The summed E-state index contributed by atoms with van der Waals surface area (Å²) in [6.07, 6.45) is 7.61. The first-order valence-electron chi connectivity index (χ1n) is 13.5. The Morgan fingerprint density at radius 1 is 1.08 bits per heavy atom. The minimum Gasteiger partial charge on any atom is -0.497 e. The summed E-state index contributed by atoms with van der Waals surface area (Å²) in [6, 6.07) is 10.3. The number of hydrogen-bond donors (Lipinski definition) is 0. The molecule has 8 nitrogen and oxygen atoms in total. The quantitative estimate of drug-likeness (QED) is 0.481. The molecular weight excluding hydrogens is 478 g/mol. The highest BCUT2D eigenvalue weighted by Crippen LogP contribution is 2.49. The van der Waals surface area contributed by atoms with Crippen LogP contribution < -0.4 is 9.47 Å². The summed E-state index contributed by atoms with van der Waals surface area (Å²) in [5.41, 5.74) is 6.15. The Labute approximate surface area is 223 Å². The van der Waals surface area contributed by atoms with Gasteiger partial charge in [0.2, 0.25) is 0 Å². The Morgan fingerprint density at radius 3 is 2.61 bits per heavy atom. The van der Waals surface area contributed by atoms with Crippen LogP contribution in [0.3, 0.4) is 0 Å². The van der Waals surface area contributed by atoms with Gasteiger partial charge in [-0.25, -0.2) is 4.79 Å². The SMILES string of the molecule is CCN1C(=O)N2Cc3cc(OC)cc(OC)c3C(C)C=C2C12CCN(Cc1cccc3nccnc13)CC2. The van der Waals surface area contributed by atoms with Crippen LogP contribution in [-0.2, 0) is 13.1 Å². The fourth-order valence-electron chi connectivity index (χ4n) is 6.77. The number of aromatic nitrogens is 2. The van der Waals surface area contributed by atoms with Crippen molar-refractivity contribution in [3.05, 3.63) is 71.2 Å². The minimum atomic E-state index is -0.297. The number of allylic oxidation sites excluding steroid dienone is 1. The van der Waals surface area contributed by atoms with Crippen molar-refractivity contribution in [2.24, 2.45) is 0 Å². The molecule has 1 atom stereocenters. The van der Waals surface area contributed by atoms with E-state index in [9.17, 15) is 4.79 Å². The number of benzene rings is 2. The third kappa shape index (κ3) is 3.81. The number of carbonyl (C=O) groups is 1. The van der Waals surface area contributed by atoms with Gasteiger partial charge in [-0.3, -0.25) is 19.8 Å². The number of likely N-dealkylation sites (N-methyl/N-ethyl adjacent to an activating group) is 1. The number of carbonyl (C=O) groups excluding carboxylic acids is 1.